The molecule has 0 amide bonds. The number of hydrogen-bond acceptors (Lipinski definition) is 1. The standard InChI is InChI=1S/C20H12.C6H8O2/c1-2-7-17-15(4-1)12-16-9-8-13-5-3-6-14-10-11-18(17)20(16)19(13)14;1-2-3-4-5-6(7)8/h1-12H;2-5H,1H3,(H,7,8)/b;3-2+,5-4+. The maximum Gasteiger partial charge on any atom is 0.328 e. The number of fused-ring (bicyclic) bond motifs is 2. The predicted molar refractivity (Wildman–Crippen MR) is 119 cm³/mol. The average Bonchev–Trinajstić information content (AvgIpc) is 2.72. The van der Waals surface area contributed by atoms with Crippen molar-refractivity contribution in [3.05, 3.63) is 97.1 Å². The molecule has 2 nitrogen and oxygen atoms in total. The minimum atomic E-state index is -0.914. The lowest BCUT2D eigenvalue weighted by atomic mass is 9.91. The molecule has 5 aromatic carbocycles. The molecule has 0 radical (unpaired) electrons. The van der Waals surface area contributed by atoms with Crippen molar-refractivity contribution in [2.24, 2.45) is 0 Å². The van der Waals surface area contributed by atoms with Crippen LogP contribution in [0.4, 0.5) is 0 Å². The van der Waals surface area contributed by atoms with Crippen LogP contribution >= 0.6 is 0 Å². The van der Waals surface area contributed by atoms with Crippen LogP contribution in [-0.4, -0.2) is 11.1 Å². The highest BCUT2D eigenvalue weighted by Gasteiger charge is 2.09. The Morgan fingerprint density at radius 2 is 1.39 bits per heavy atom. The van der Waals surface area contributed by atoms with Crippen LogP contribution in [0.25, 0.3) is 43.1 Å². The van der Waals surface area contributed by atoms with E-state index in [1.807, 2.05) is 6.92 Å². The largest absolute Gasteiger partial charge is 0.478 e. The van der Waals surface area contributed by atoms with E-state index in [0.717, 1.165) is 6.08 Å². The summed E-state index contributed by atoms with van der Waals surface area (Å²) in [5.41, 5.74) is 0. The zero-order chi connectivity index (χ0) is 19.5. The van der Waals surface area contributed by atoms with Crippen LogP contribution in [0.5, 0.6) is 0 Å². The molecular formula is C26H20O2. The number of benzene rings is 5. The van der Waals surface area contributed by atoms with Crippen molar-refractivity contribution in [1.82, 2.24) is 0 Å². The second-order valence-electron chi connectivity index (χ2n) is 6.68. The summed E-state index contributed by atoms with van der Waals surface area (Å²) >= 11 is 0. The normalized spacial score (nSPS) is 11.8. The molecule has 0 spiro atoms. The van der Waals surface area contributed by atoms with E-state index in [1.54, 1.807) is 12.2 Å². The summed E-state index contributed by atoms with van der Waals surface area (Å²) in [5, 5.41) is 18.8. The zero-order valence-electron chi connectivity index (χ0n) is 15.6. The summed E-state index contributed by atoms with van der Waals surface area (Å²) in [5.74, 6) is -0.914. The zero-order valence-corrected chi connectivity index (χ0v) is 15.6. The lowest BCUT2D eigenvalue weighted by Gasteiger charge is -2.12. The molecule has 0 heterocycles. The number of rotatable bonds is 2. The van der Waals surface area contributed by atoms with E-state index in [1.165, 1.54) is 49.2 Å². The number of allylic oxidation sites excluding steroid dienone is 3. The van der Waals surface area contributed by atoms with Crippen molar-refractivity contribution in [1.29, 1.82) is 0 Å². The number of carbonyl (C=O) groups is 1. The van der Waals surface area contributed by atoms with Crippen LogP contribution in [0.1, 0.15) is 6.92 Å². The Morgan fingerprint density at radius 1 is 0.714 bits per heavy atom. The molecule has 0 fully saturated rings. The van der Waals surface area contributed by atoms with Crippen LogP contribution in [0.3, 0.4) is 0 Å². The number of hydrogen-bond donors (Lipinski definition) is 1. The Bertz CT molecular complexity index is 1330. The summed E-state index contributed by atoms with van der Waals surface area (Å²) in [6.45, 7) is 1.83. The van der Waals surface area contributed by atoms with E-state index in [9.17, 15) is 4.79 Å². The van der Waals surface area contributed by atoms with Gasteiger partial charge in [-0.05, 0) is 56.1 Å². The molecule has 0 aliphatic heterocycles. The average molecular weight is 364 g/mol. The Kier molecular flexibility index (Phi) is 4.77. The molecule has 0 bridgehead atoms. The molecule has 5 rings (SSSR count). The quantitative estimate of drug-likeness (QED) is 0.159. The van der Waals surface area contributed by atoms with Gasteiger partial charge in [0.1, 0.15) is 0 Å². The SMILES string of the molecule is C/C=C/C=C/C(=O)O.c1ccc2c(c1)cc1ccc3cccc4ccc2c1c34. The van der Waals surface area contributed by atoms with Crippen LogP contribution in [-0.2, 0) is 4.79 Å². The van der Waals surface area contributed by atoms with Gasteiger partial charge in [0.25, 0.3) is 0 Å². The molecule has 0 aliphatic carbocycles. The third-order valence-corrected chi connectivity index (χ3v) is 4.91. The second kappa shape index (κ2) is 7.53. The lowest BCUT2D eigenvalue weighted by molar-refractivity contribution is -0.131. The van der Waals surface area contributed by atoms with Crippen molar-refractivity contribution < 1.29 is 9.90 Å². The summed E-state index contributed by atoms with van der Waals surface area (Å²) in [7, 11) is 0. The van der Waals surface area contributed by atoms with Gasteiger partial charge in [0.05, 0.1) is 0 Å². The van der Waals surface area contributed by atoms with Gasteiger partial charge in [-0.2, -0.15) is 0 Å². The van der Waals surface area contributed by atoms with Gasteiger partial charge < -0.3 is 5.11 Å². The predicted octanol–water partition coefficient (Wildman–Crippen LogP) is 6.94. The van der Waals surface area contributed by atoms with Gasteiger partial charge in [-0.25, -0.2) is 4.79 Å². The minimum Gasteiger partial charge on any atom is -0.478 e. The maximum atomic E-state index is 9.75. The van der Waals surface area contributed by atoms with Crippen LogP contribution in [0.2, 0.25) is 0 Å². The van der Waals surface area contributed by atoms with Gasteiger partial charge in [0.2, 0.25) is 0 Å². The molecule has 1 N–H and O–H groups in total. The molecular weight excluding hydrogens is 344 g/mol. The van der Waals surface area contributed by atoms with E-state index in [4.69, 9.17) is 5.11 Å². The highest BCUT2D eigenvalue weighted by atomic mass is 16.4. The summed E-state index contributed by atoms with van der Waals surface area (Å²) in [6.07, 6.45) is 5.98. The van der Waals surface area contributed by atoms with Crippen LogP contribution in [0, 0.1) is 0 Å². The third-order valence-electron chi connectivity index (χ3n) is 4.91. The fraction of sp³-hybridized carbons (Fsp3) is 0.0385. The molecule has 0 saturated carbocycles. The summed E-state index contributed by atoms with van der Waals surface area (Å²) in [4.78, 5) is 9.75. The van der Waals surface area contributed by atoms with Gasteiger partial charge in [-0.15, -0.1) is 0 Å². The van der Waals surface area contributed by atoms with Gasteiger partial charge in [-0.3, -0.25) is 0 Å². The molecule has 2 heteroatoms. The molecule has 5 aromatic rings. The first-order chi connectivity index (χ1) is 13.7. The van der Waals surface area contributed by atoms with Gasteiger partial charge in [0.15, 0.2) is 0 Å². The minimum absolute atomic E-state index is 0.914. The Balaban J connectivity index is 0.000000208. The monoisotopic (exact) mass is 364 g/mol. The van der Waals surface area contributed by atoms with Crippen LogP contribution < -0.4 is 0 Å². The van der Waals surface area contributed by atoms with E-state index in [0.29, 0.717) is 0 Å². The molecule has 28 heavy (non-hydrogen) atoms. The van der Waals surface area contributed by atoms with Crippen molar-refractivity contribution in [3.8, 4) is 0 Å². The van der Waals surface area contributed by atoms with Gasteiger partial charge in [0, 0.05) is 6.08 Å². The smallest absolute Gasteiger partial charge is 0.328 e. The fourth-order valence-electron chi connectivity index (χ4n) is 3.74. The molecule has 0 atom stereocenters. The topological polar surface area (TPSA) is 37.3 Å². The lowest BCUT2D eigenvalue weighted by Crippen LogP contribution is -1.85. The molecule has 136 valence electrons. The van der Waals surface area contributed by atoms with Crippen molar-refractivity contribution >= 4 is 49.1 Å². The molecule has 0 aromatic heterocycles. The van der Waals surface area contributed by atoms with Gasteiger partial charge in [-0.1, -0.05) is 85.0 Å². The summed E-state index contributed by atoms with van der Waals surface area (Å²) in [6, 6.07) is 26.5. The molecule has 0 aliphatic rings. The number of carboxylic acids is 1. The van der Waals surface area contributed by atoms with Crippen LogP contribution in [0.15, 0.2) is 97.1 Å². The number of aliphatic carboxylic acids is 1. The first kappa shape index (κ1) is 17.7. The van der Waals surface area contributed by atoms with E-state index in [-0.39, 0.29) is 0 Å². The van der Waals surface area contributed by atoms with E-state index >= 15 is 0 Å². The van der Waals surface area contributed by atoms with E-state index < -0.39 is 5.97 Å². The maximum absolute atomic E-state index is 9.75. The van der Waals surface area contributed by atoms with Gasteiger partial charge >= 0.3 is 5.97 Å². The van der Waals surface area contributed by atoms with E-state index in [2.05, 4.69) is 72.8 Å². The Hall–Kier alpha value is -3.65. The summed E-state index contributed by atoms with van der Waals surface area (Å²) < 4.78 is 0. The molecule has 0 saturated heterocycles. The van der Waals surface area contributed by atoms with Crippen molar-refractivity contribution in [3.63, 3.8) is 0 Å². The highest BCUT2D eigenvalue weighted by molar-refractivity contribution is 6.28. The van der Waals surface area contributed by atoms with Crippen molar-refractivity contribution in [2.75, 3.05) is 0 Å². The second-order valence-corrected chi connectivity index (χ2v) is 6.68. The fourth-order valence-corrected chi connectivity index (χ4v) is 3.74. The Morgan fingerprint density at radius 3 is 2.14 bits per heavy atom. The molecule has 0 unspecified atom stereocenters. The first-order valence-corrected chi connectivity index (χ1v) is 9.26. The first-order valence-electron chi connectivity index (χ1n) is 9.26. The highest BCUT2D eigenvalue weighted by Crippen LogP contribution is 2.38. The third kappa shape index (κ3) is 3.21. The van der Waals surface area contributed by atoms with Crippen molar-refractivity contribution in [2.45, 2.75) is 6.92 Å². The number of carboxylic acid groups (broad SMARTS) is 1. The Labute approximate surface area is 163 Å².